The van der Waals surface area contributed by atoms with E-state index in [2.05, 4.69) is 42.2 Å². The summed E-state index contributed by atoms with van der Waals surface area (Å²) >= 11 is 0. The Morgan fingerprint density at radius 2 is 2.25 bits per heavy atom. The summed E-state index contributed by atoms with van der Waals surface area (Å²) < 4.78 is 0. The summed E-state index contributed by atoms with van der Waals surface area (Å²) in [7, 11) is 0. The van der Waals surface area contributed by atoms with Crippen LogP contribution in [0.2, 0.25) is 0 Å². The first-order valence-corrected chi connectivity index (χ1v) is 5.96. The van der Waals surface area contributed by atoms with Crippen LogP contribution in [0.4, 0.5) is 5.69 Å². The highest BCUT2D eigenvalue weighted by Crippen LogP contribution is 2.30. The molecule has 0 radical (unpaired) electrons. The van der Waals surface area contributed by atoms with Gasteiger partial charge in [-0.1, -0.05) is 18.2 Å². The van der Waals surface area contributed by atoms with Crippen LogP contribution in [-0.4, -0.2) is 12.6 Å². The Kier molecular flexibility index (Phi) is 3.14. The van der Waals surface area contributed by atoms with E-state index < -0.39 is 0 Å². The second-order valence-corrected chi connectivity index (χ2v) is 4.70. The van der Waals surface area contributed by atoms with Gasteiger partial charge in [0.1, 0.15) is 0 Å². The molecule has 0 bridgehead atoms. The van der Waals surface area contributed by atoms with E-state index in [4.69, 9.17) is 5.26 Å². The van der Waals surface area contributed by atoms with Crippen molar-refractivity contribution in [2.24, 2.45) is 5.92 Å². The van der Waals surface area contributed by atoms with Gasteiger partial charge in [-0.3, -0.25) is 0 Å². The number of para-hydroxylation sites is 1. The van der Waals surface area contributed by atoms with Gasteiger partial charge < -0.3 is 4.90 Å². The van der Waals surface area contributed by atoms with Crippen LogP contribution in [0.1, 0.15) is 25.8 Å². The molecule has 0 saturated carbocycles. The van der Waals surface area contributed by atoms with Crippen molar-refractivity contribution in [1.29, 1.82) is 5.26 Å². The summed E-state index contributed by atoms with van der Waals surface area (Å²) in [5.74, 6) is 0.0913. The number of nitriles is 1. The van der Waals surface area contributed by atoms with Gasteiger partial charge >= 0.3 is 0 Å². The molecule has 0 fully saturated rings. The van der Waals surface area contributed by atoms with Crippen LogP contribution in [0.15, 0.2) is 24.3 Å². The lowest BCUT2D eigenvalue weighted by Gasteiger charge is -2.37. The molecule has 2 atom stereocenters. The summed E-state index contributed by atoms with van der Waals surface area (Å²) in [5, 5.41) is 8.92. The van der Waals surface area contributed by atoms with Gasteiger partial charge in [0.25, 0.3) is 0 Å². The average Bonchev–Trinajstić information content (AvgIpc) is 2.32. The number of hydrogen-bond donors (Lipinski definition) is 0. The van der Waals surface area contributed by atoms with Crippen molar-refractivity contribution in [3.8, 4) is 6.07 Å². The van der Waals surface area contributed by atoms with E-state index in [1.165, 1.54) is 17.7 Å². The number of benzene rings is 1. The van der Waals surface area contributed by atoms with Crippen molar-refractivity contribution in [2.45, 2.75) is 32.7 Å². The van der Waals surface area contributed by atoms with Gasteiger partial charge in [-0.25, -0.2) is 0 Å². The lowest BCUT2D eigenvalue weighted by molar-refractivity contribution is 0.533. The van der Waals surface area contributed by atoms with Crippen molar-refractivity contribution in [3.05, 3.63) is 29.8 Å². The average molecular weight is 214 g/mol. The number of hydrogen-bond acceptors (Lipinski definition) is 2. The normalized spacial score (nSPS) is 21.1. The van der Waals surface area contributed by atoms with E-state index >= 15 is 0 Å². The topological polar surface area (TPSA) is 27.0 Å². The fourth-order valence-electron chi connectivity index (χ4n) is 2.37. The zero-order valence-electron chi connectivity index (χ0n) is 9.98. The molecule has 1 aliphatic rings. The molecule has 0 amide bonds. The van der Waals surface area contributed by atoms with Crippen molar-refractivity contribution in [2.75, 3.05) is 11.4 Å². The maximum absolute atomic E-state index is 8.92. The smallest absolute Gasteiger partial charge is 0.0671 e. The molecule has 2 unspecified atom stereocenters. The highest BCUT2D eigenvalue weighted by atomic mass is 15.2. The number of nitrogens with zero attached hydrogens (tertiary/aromatic N) is 2. The molecule has 1 aliphatic heterocycles. The fraction of sp³-hybridized carbons (Fsp3) is 0.500. The Morgan fingerprint density at radius 1 is 1.50 bits per heavy atom. The van der Waals surface area contributed by atoms with Gasteiger partial charge in [0.05, 0.1) is 12.0 Å². The largest absolute Gasteiger partial charge is 0.367 e. The molecule has 0 N–H and O–H groups in total. The molecule has 1 heterocycles. The summed E-state index contributed by atoms with van der Waals surface area (Å²) in [6.45, 7) is 5.08. The standard InChI is InChI=1S/C14H18N2/c1-11(9-15)10-16-12(2)7-8-13-5-3-4-6-14(13)16/h3-6,11-12H,7-8,10H2,1-2H3. The quantitative estimate of drug-likeness (QED) is 0.756. The van der Waals surface area contributed by atoms with Crippen LogP contribution in [0, 0.1) is 17.2 Å². The Bertz CT molecular complexity index is 405. The Balaban J connectivity index is 2.27. The van der Waals surface area contributed by atoms with Crippen LogP contribution in [0.25, 0.3) is 0 Å². The molecule has 2 rings (SSSR count). The lowest BCUT2D eigenvalue weighted by Crippen LogP contribution is -2.39. The maximum atomic E-state index is 8.92. The monoisotopic (exact) mass is 214 g/mol. The molecule has 0 spiro atoms. The summed E-state index contributed by atoms with van der Waals surface area (Å²) in [6.07, 6.45) is 2.35. The third-order valence-electron chi connectivity index (χ3n) is 3.36. The van der Waals surface area contributed by atoms with Crippen LogP contribution in [0.3, 0.4) is 0 Å². The number of rotatable bonds is 2. The van der Waals surface area contributed by atoms with Gasteiger partial charge in [0.15, 0.2) is 0 Å². The zero-order chi connectivity index (χ0) is 11.5. The predicted octanol–water partition coefficient (Wildman–Crippen LogP) is 2.99. The van der Waals surface area contributed by atoms with Crippen LogP contribution in [0.5, 0.6) is 0 Å². The summed E-state index contributed by atoms with van der Waals surface area (Å²) in [6, 6.07) is 11.4. The molecule has 0 aromatic heterocycles. The number of fused-ring (bicyclic) bond motifs is 1. The molecular formula is C14H18N2. The highest BCUT2D eigenvalue weighted by Gasteiger charge is 2.23. The molecule has 1 aromatic carbocycles. The SMILES string of the molecule is CC(C#N)CN1c2ccccc2CCC1C. The molecule has 0 saturated heterocycles. The van der Waals surface area contributed by atoms with Crippen molar-refractivity contribution >= 4 is 5.69 Å². The van der Waals surface area contributed by atoms with E-state index in [1.807, 2.05) is 6.92 Å². The molecule has 2 nitrogen and oxygen atoms in total. The number of anilines is 1. The van der Waals surface area contributed by atoms with Crippen LogP contribution in [-0.2, 0) is 6.42 Å². The minimum Gasteiger partial charge on any atom is -0.367 e. The zero-order valence-corrected chi connectivity index (χ0v) is 9.98. The van der Waals surface area contributed by atoms with Gasteiger partial charge in [-0.15, -0.1) is 0 Å². The van der Waals surface area contributed by atoms with E-state index in [-0.39, 0.29) is 5.92 Å². The van der Waals surface area contributed by atoms with Crippen molar-refractivity contribution in [1.82, 2.24) is 0 Å². The van der Waals surface area contributed by atoms with E-state index in [1.54, 1.807) is 0 Å². The third-order valence-corrected chi connectivity index (χ3v) is 3.36. The molecule has 2 heteroatoms. The summed E-state index contributed by atoms with van der Waals surface area (Å²) in [5.41, 5.74) is 2.74. The number of aryl methyl sites for hydroxylation is 1. The van der Waals surface area contributed by atoms with Gasteiger partial charge in [-0.2, -0.15) is 5.26 Å². The molecule has 0 aliphatic carbocycles. The third kappa shape index (κ3) is 2.04. The fourth-order valence-corrected chi connectivity index (χ4v) is 2.37. The first-order chi connectivity index (χ1) is 7.72. The molecular weight excluding hydrogens is 196 g/mol. The molecule has 16 heavy (non-hydrogen) atoms. The second-order valence-electron chi connectivity index (χ2n) is 4.70. The minimum atomic E-state index is 0.0913. The Labute approximate surface area is 97.5 Å². The first kappa shape index (κ1) is 11.0. The van der Waals surface area contributed by atoms with E-state index in [0.29, 0.717) is 6.04 Å². The Hall–Kier alpha value is -1.49. The first-order valence-electron chi connectivity index (χ1n) is 5.96. The predicted molar refractivity (Wildman–Crippen MR) is 66.3 cm³/mol. The Morgan fingerprint density at radius 3 is 3.00 bits per heavy atom. The van der Waals surface area contributed by atoms with Gasteiger partial charge in [0.2, 0.25) is 0 Å². The van der Waals surface area contributed by atoms with Crippen LogP contribution >= 0.6 is 0 Å². The summed E-state index contributed by atoms with van der Waals surface area (Å²) in [4.78, 5) is 2.38. The van der Waals surface area contributed by atoms with Gasteiger partial charge in [0, 0.05) is 18.3 Å². The van der Waals surface area contributed by atoms with E-state index in [9.17, 15) is 0 Å². The second kappa shape index (κ2) is 4.57. The maximum Gasteiger partial charge on any atom is 0.0671 e. The van der Waals surface area contributed by atoms with E-state index in [0.717, 1.165) is 13.0 Å². The van der Waals surface area contributed by atoms with Crippen molar-refractivity contribution in [3.63, 3.8) is 0 Å². The highest BCUT2D eigenvalue weighted by molar-refractivity contribution is 5.56. The van der Waals surface area contributed by atoms with Crippen molar-refractivity contribution < 1.29 is 0 Å². The molecule has 84 valence electrons. The minimum absolute atomic E-state index is 0.0913. The van der Waals surface area contributed by atoms with Crippen LogP contribution < -0.4 is 4.90 Å². The lowest BCUT2D eigenvalue weighted by atomic mass is 9.95. The molecule has 1 aromatic rings. The van der Waals surface area contributed by atoms with Gasteiger partial charge in [-0.05, 0) is 38.3 Å².